The zero-order valence-electron chi connectivity index (χ0n) is 10.4. The van der Waals surface area contributed by atoms with Gasteiger partial charge < -0.3 is 4.42 Å². The average Bonchev–Trinajstić information content (AvgIpc) is 2.47. The molecule has 2 aromatic heterocycles. The van der Waals surface area contributed by atoms with Gasteiger partial charge in [0.2, 0.25) is 0 Å². The summed E-state index contributed by atoms with van der Waals surface area (Å²) < 4.78 is 5.98. The Bertz CT molecular complexity index is 887. The van der Waals surface area contributed by atoms with Crippen molar-refractivity contribution in [1.29, 1.82) is 0 Å². The summed E-state index contributed by atoms with van der Waals surface area (Å²) >= 11 is 1.33. The maximum absolute atomic E-state index is 12.0. The van der Waals surface area contributed by atoms with Gasteiger partial charge in [-0.1, -0.05) is 30.0 Å². The Balaban J connectivity index is 2.47. The van der Waals surface area contributed by atoms with Gasteiger partial charge in [0.15, 0.2) is 10.8 Å². The van der Waals surface area contributed by atoms with Crippen molar-refractivity contribution >= 4 is 22.8 Å². The molecule has 0 fully saturated rings. The minimum atomic E-state index is -0.764. The summed E-state index contributed by atoms with van der Waals surface area (Å²) in [6, 6.07) is 8.88. The molecule has 6 nitrogen and oxygen atoms in total. The Kier molecular flexibility index (Phi) is 3.11. The van der Waals surface area contributed by atoms with Crippen LogP contribution in [0.1, 0.15) is 0 Å². The molecule has 0 saturated carbocycles. The first-order valence-corrected chi connectivity index (χ1v) is 6.95. The molecular weight excluding hydrogens is 278 g/mol. The fourth-order valence-corrected chi connectivity index (χ4v) is 2.18. The highest BCUT2D eigenvalue weighted by molar-refractivity contribution is 7.98. The summed E-state index contributed by atoms with van der Waals surface area (Å²) in [5, 5.41) is 0.651. The molecule has 3 rings (SSSR count). The number of hydrogen-bond acceptors (Lipinski definition) is 6. The zero-order valence-corrected chi connectivity index (χ0v) is 11.3. The van der Waals surface area contributed by atoms with Crippen molar-refractivity contribution in [2.45, 2.75) is 5.16 Å². The molecule has 20 heavy (non-hydrogen) atoms. The lowest BCUT2D eigenvalue weighted by molar-refractivity contribution is 0.442. The summed E-state index contributed by atoms with van der Waals surface area (Å²) in [4.78, 5) is 32.0. The van der Waals surface area contributed by atoms with E-state index in [9.17, 15) is 9.59 Å². The normalized spacial score (nSPS) is 10.8. The number of aromatic nitrogens is 3. The largest absolute Gasteiger partial charge is 0.428 e. The fraction of sp³-hybridized carbons (Fsp3) is 0.0769. The van der Waals surface area contributed by atoms with Crippen molar-refractivity contribution in [3.05, 3.63) is 57.5 Å². The second kappa shape index (κ2) is 4.93. The quantitative estimate of drug-likeness (QED) is 0.524. The van der Waals surface area contributed by atoms with Crippen LogP contribution in [-0.2, 0) is 0 Å². The Hall–Kier alpha value is -2.41. The molecule has 0 spiro atoms. The van der Waals surface area contributed by atoms with Crippen LogP contribution in [0.5, 0.6) is 0 Å². The van der Waals surface area contributed by atoms with Crippen LogP contribution in [0.25, 0.3) is 16.7 Å². The Labute approximate surface area is 117 Å². The Morgan fingerprint density at radius 1 is 1.20 bits per heavy atom. The topological polar surface area (TPSA) is 78.0 Å². The fourth-order valence-electron chi connectivity index (χ4n) is 1.84. The first-order valence-electron chi connectivity index (χ1n) is 5.73. The summed E-state index contributed by atoms with van der Waals surface area (Å²) in [6.07, 6.45) is 3.19. The third kappa shape index (κ3) is 2.01. The van der Waals surface area contributed by atoms with Gasteiger partial charge in [-0.25, -0.2) is 24.1 Å². The summed E-state index contributed by atoms with van der Waals surface area (Å²) in [7, 11) is 0. The lowest BCUT2D eigenvalue weighted by atomic mass is 10.3. The number of benzene rings is 1. The van der Waals surface area contributed by atoms with Gasteiger partial charge >= 0.3 is 11.4 Å². The van der Waals surface area contributed by atoms with E-state index < -0.39 is 11.4 Å². The van der Waals surface area contributed by atoms with Gasteiger partial charge in [0.05, 0.1) is 5.69 Å². The lowest BCUT2D eigenvalue weighted by Crippen LogP contribution is -2.24. The van der Waals surface area contributed by atoms with E-state index in [2.05, 4.69) is 9.97 Å². The van der Waals surface area contributed by atoms with E-state index in [1.54, 1.807) is 24.3 Å². The van der Waals surface area contributed by atoms with Gasteiger partial charge in [0, 0.05) is 6.20 Å². The molecule has 2 heterocycles. The minimum Gasteiger partial charge on any atom is -0.372 e. The van der Waals surface area contributed by atoms with Crippen molar-refractivity contribution < 1.29 is 4.42 Å². The molecule has 0 bridgehead atoms. The minimum absolute atomic E-state index is 0.172. The molecular formula is C13H9N3O3S. The molecule has 0 N–H and O–H groups in total. The highest BCUT2D eigenvalue weighted by Gasteiger charge is 2.13. The molecule has 7 heteroatoms. The van der Waals surface area contributed by atoms with Crippen molar-refractivity contribution in [3.8, 4) is 5.69 Å². The first-order chi connectivity index (χ1) is 9.70. The van der Waals surface area contributed by atoms with Crippen LogP contribution in [0.4, 0.5) is 0 Å². The van der Waals surface area contributed by atoms with Gasteiger partial charge in [0.25, 0.3) is 0 Å². The molecule has 0 saturated heterocycles. The Morgan fingerprint density at radius 3 is 2.65 bits per heavy atom. The zero-order chi connectivity index (χ0) is 14.1. The predicted octanol–water partition coefficient (Wildman–Crippen LogP) is 1.46. The van der Waals surface area contributed by atoms with Crippen molar-refractivity contribution in [3.63, 3.8) is 0 Å². The first kappa shape index (κ1) is 12.6. The van der Waals surface area contributed by atoms with Crippen LogP contribution >= 0.6 is 11.8 Å². The van der Waals surface area contributed by atoms with Gasteiger partial charge in [-0.15, -0.1) is 0 Å². The third-order valence-electron chi connectivity index (χ3n) is 2.74. The molecule has 3 aromatic rings. The number of nitrogens with zero attached hydrogens (tertiary/aromatic N) is 3. The van der Waals surface area contributed by atoms with Crippen LogP contribution in [-0.4, -0.2) is 20.8 Å². The lowest BCUT2D eigenvalue weighted by Gasteiger charge is -2.07. The molecule has 0 aliphatic heterocycles. The van der Waals surface area contributed by atoms with Crippen LogP contribution in [0.15, 0.2) is 55.7 Å². The van der Waals surface area contributed by atoms with E-state index in [-0.39, 0.29) is 11.0 Å². The summed E-state index contributed by atoms with van der Waals surface area (Å²) in [5.74, 6) is -0.764. The van der Waals surface area contributed by atoms with Crippen LogP contribution < -0.4 is 11.4 Å². The van der Waals surface area contributed by atoms with Crippen molar-refractivity contribution in [2.75, 3.05) is 6.26 Å². The SMILES string of the molecule is CSc1ncc2c(=O)oc(=O)n(-c3ccccc3)c2n1. The monoisotopic (exact) mass is 287 g/mol. The standard InChI is InChI=1S/C13H9N3O3S/c1-20-12-14-7-9-10(15-12)16(13(18)19-11(9)17)8-5-3-2-4-6-8/h2-7H,1H3. The summed E-state index contributed by atoms with van der Waals surface area (Å²) in [5.41, 5.74) is 0.0960. The van der Waals surface area contributed by atoms with E-state index in [4.69, 9.17) is 4.42 Å². The van der Waals surface area contributed by atoms with E-state index in [1.807, 2.05) is 12.3 Å². The number of thioether (sulfide) groups is 1. The van der Waals surface area contributed by atoms with Gasteiger partial charge in [-0.2, -0.15) is 0 Å². The van der Waals surface area contributed by atoms with Crippen molar-refractivity contribution in [1.82, 2.24) is 14.5 Å². The molecule has 0 amide bonds. The molecule has 0 radical (unpaired) electrons. The van der Waals surface area contributed by atoms with E-state index in [0.29, 0.717) is 10.8 Å². The second-order valence-electron chi connectivity index (χ2n) is 3.92. The van der Waals surface area contributed by atoms with Gasteiger partial charge in [0.1, 0.15) is 5.39 Å². The molecule has 1 aromatic carbocycles. The van der Waals surface area contributed by atoms with Gasteiger partial charge in [-0.3, -0.25) is 0 Å². The molecule has 0 unspecified atom stereocenters. The molecule has 0 aliphatic rings. The number of rotatable bonds is 2. The van der Waals surface area contributed by atoms with Crippen LogP contribution in [0.3, 0.4) is 0 Å². The highest BCUT2D eigenvalue weighted by atomic mass is 32.2. The average molecular weight is 287 g/mol. The summed E-state index contributed by atoms with van der Waals surface area (Å²) in [6.45, 7) is 0. The van der Waals surface area contributed by atoms with Crippen LogP contribution in [0, 0.1) is 0 Å². The number of fused-ring (bicyclic) bond motifs is 1. The predicted molar refractivity (Wildman–Crippen MR) is 75.5 cm³/mol. The molecule has 0 aliphatic carbocycles. The van der Waals surface area contributed by atoms with Crippen LogP contribution in [0.2, 0.25) is 0 Å². The van der Waals surface area contributed by atoms with E-state index in [0.717, 1.165) is 0 Å². The molecule has 100 valence electrons. The van der Waals surface area contributed by atoms with Gasteiger partial charge in [-0.05, 0) is 18.4 Å². The highest BCUT2D eigenvalue weighted by Crippen LogP contribution is 2.14. The Morgan fingerprint density at radius 2 is 1.95 bits per heavy atom. The van der Waals surface area contributed by atoms with E-state index in [1.165, 1.54) is 22.5 Å². The molecule has 0 atom stereocenters. The maximum atomic E-state index is 12.0. The van der Waals surface area contributed by atoms with Crippen molar-refractivity contribution in [2.24, 2.45) is 0 Å². The smallest absolute Gasteiger partial charge is 0.372 e. The number of para-hydroxylation sites is 1. The number of hydrogen-bond donors (Lipinski definition) is 0. The maximum Gasteiger partial charge on any atom is 0.428 e. The second-order valence-corrected chi connectivity index (χ2v) is 4.69. The third-order valence-corrected chi connectivity index (χ3v) is 3.30. The van der Waals surface area contributed by atoms with E-state index >= 15 is 0 Å².